The molecular weight excluding hydrogens is 279 g/mol. The molecular formula is C11H8Cl2N2OS. The number of rotatable bonds is 1. The van der Waals surface area contributed by atoms with Gasteiger partial charge >= 0.3 is 0 Å². The Balaban J connectivity index is 2.03. The zero-order valence-corrected chi connectivity index (χ0v) is 11.0. The molecule has 1 saturated heterocycles. The lowest BCUT2D eigenvalue weighted by atomic mass is 10.3. The van der Waals surface area contributed by atoms with Gasteiger partial charge in [-0.2, -0.15) is 0 Å². The molecule has 0 radical (unpaired) electrons. The summed E-state index contributed by atoms with van der Waals surface area (Å²) in [5.41, 5.74) is 0.823. The van der Waals surface area contributed by atoms with Gasteiger partial charge in [0.25, 0.3) is 0 Å². The molecule has 3 rings (SSSR count). The first kappa shape index (κ1) is 11.3. The molecule has 1 fully saturated rings. The molecule has 1 aromatic carbocycles. The maximum absolute atomic E-state index is 11.7. The predicted octanol–water partition coefficient (Wildman–Crippen LogP) is 3.29. The Morgan fingerprint density at radius 3 is 3.00 bits per heavy atom. The van der Waals surface area contributed by atoms with Crippen LogP contribution in [0.4, 0.5) is 5.13 Å². The number of nitrogens with zero attached hydrogens (tertiary/aromatic N) is 2. The summed E-state index contributed by atoms with van der Waals surface area (Å²) in [5.74, 6) is 0.0372. The largest absolute Gasteiger partial charge is 0.287 e. The number of halogens is 2. The van der Waals surface area contributed by atoms with Gasteiger partial charge in [0.2, 0.25) is 5.91 Å². The number of aromatic nitrogens is 1. The molecule has 2 heterocycles. The number of alkyl halides is 1. The summed E-state index contributed by atoms with van der Waals surface area (Å²) < 4.78 is 1.02. The smallest absolute Gasteiger partial charge is 0.230 e. The molecule has 0 bridgehead atoms. The van der Waals surface area contributed by atoms with Crippen LogP contribution in [0, 0.1) is 0 Å². The van der Waals surface area contributed by atoms with E-state index in [0.717, 1.165) is 10.2 Å². The normalized spacial score (nSPS) is 20.5. The highest BCUT2D eigenvalue weighted by atomic mass is 35.5. The van der Waals surface area contributed by atoms with Crippen molar-refractivity contribution in [1.82, 2.24) is 4.98 Å². The van der Waals surface area contributed by atoms with Crippen LogP contribution < -0.4 is 4.90 Å². The van der Waals surface area contributed by atoms with Crippen LogP contribution in [-0.2, 0) is 4.79 Å². The molecule has 17 heavy (non-hydrogen) atoms. The van der Waals surface area contributed by atoms with Gasteiger partial charge in [0.15, 0.2) is 5.13 Å². The topological polar surface area (TPSA) is 33.2 Å². The van der Waals surface area contributed by atoms with E-state index in [4.69, 9.17) is 23.2 Å². The van der Waals surface area contributed by atoms with Crippen LogP contribution in [0.2, 0.25) is 5.02 Å². The van der Waals surface area contributed by atoms with Crippen molar-refractivity contribution in [1.29, 1.82) is 0 Å². The minimum atomic E-state index is -0.113. The predicted molar refractivity (Wildman–Crippen MR) is 71.2 cm³/mol. The average Bonchev–Trinajstić information content (AvgIpc) is 2.80. The van der Waals surface area contributed by atoms with E-state index in [-0.39, 0.29) is 11.3 Å². The van der Waals surface area contributed by atoms with E-state index in [1.807, 2.05) is 12.1 Å². The second-order valence-corrected chi connectivity index (χ2v) is 5.98. The molecule has 0 N–H and O–H groups in total. The molecule has 1 aliphatic heterocycles. The molecule has 1 unspecified atom stereocenters. The second kappa shape index (κ2) is 4.12. The second-order valence-electron chi connectivity index (χ2n) is 3.91. The minimum Gasteiger partial charge on any atom is -0.287 e. The van der Waals surface area contributed by atoms with Gasteiger partial charge in [-0.15, -0.1) is 11.6 Å². The van der Waals surface area contributed by atoms with E-state index in [2.05, 4.69) is 4.98 Å². The number of benzene rings is 1. The molecule has 0 aliphatic carbocycles. The van der Waals surface area contributed by atoms with E-state index in [0.29, 0.717) is 23.1 Å². The fourth-order valence-corrected chi connectivity index (χ4v) is 3.26. The third-order valence-electron chi connectivity index (χ3n) is 2.65. The lowest BCUT2D eigenvalue weighted by molar-refractivity contribution is -0.117. The Bertz CT molecular complexity index is 598. The van der Waals surface area contributed by atoms with E-state index in [9.17, 15) is 4.79 Å². The number of carbonyl (C=O) groups excluding carboxylic acids is 1. The first-order chi connectivity index (χ1) is 8.13. The first-order valence-electron chi connectivity index (χ1n) is 5.14. The molecule has 3 nitrogen and oxygen atoms in total. The molecule has 2 aromatic rings. The monoisotopic (exact) mass is 286 g/mol. The van der Waals surface area contributed by atoms with Crippen molar-refractivity contribution in [2.75, 3.05) is 11.4 Å². The van der Waals surface area contributed by atoms with Crippen LogP contribution in [-0.4, -0.2) is 22.8 Å². The van der Waals surface area contributed by atoms with Gasteiger partial charge in [-0.1, -0.05) is 22.9 Å². The average molecular weight is 287 g/mol. The zero-order chi connectivity index (χ0) is 12.0. The van der Waals surface area contributed by atoms with Crippen LogP contribution in [0.1, 0.15) is 6.42 Å². The maximum atomic E-state index is 11.7. The van der Waals surface area contributed by atoms with Crippen molar-refractivity contribution >= 4 is 55.8 Å². The van der Waals surface area contributed by atoms with Crippen molar-refractivity contribution in [2.45, 2.75) is 11.8 Å². The summed E-state index contributed by atoms with van der Waals surface area (Å²) in [4.78, 5) is 17.8. The fraction of sp³-hybridized carbons (Fsp3) is 0.273. The van der Waals surface area contributed by atoms with Gasteiger partial charge in [0.1, 0.15) is 0 Å². The summed E-state index contributed by atoms with van der Waals surface area (Å²) in [5, 5.41) is 1.24. The number of hydrogen-bond acceptors (Lipinski definition) is 3. The number of fused-ring (bicyclic) bond motifs is 1. The molecule has 1 aliphatic rings. The van der Waals surface area contributed by atoms with E-state index in [1.165, 1.54) is 11.3 Å². The molecule has 88 valence electrons. The van der Waals surface area contributed by atoms with Crippen LogP contribution in [0.3, 0.4) is 0 Å². The maximum Gasteiger partial charge on any atom is 0.230 e. The summed E-state index contributed by atoms with van der Waals surface area (Å²) in [7, 11) is 0. The molecule has 1 aromatic heterocycles. The van der Waals surface area contributed by atoms with Gasteiger partial charge < -0.3 is 0 Å². The van der Waals surface area contributed by atoms with Crippen molar-refractivity contribution in [3.63, 3.8) is 0 Å². The van der Waals surface area contributed by atoms with Crippen LogP contribution >= 0.6 is 34.5 Å². The molecule has 0 spiro atoms. The van der Waals surface area contributed by atoms with Gasteiger partial charge in [0.05, 0.1) is 15.6 Å². The van der Waals surface area contributed by atoms with E-state index in [1.54, 1.807) is 11.0 Å². The molecule has 1 atom stereocenters. The van der Waals surface area contributed by atoms with E-state index >= 15 is 0 Å². The number of carbonyl (C=O) groups is 1. The molecule has 1 amide bonds. The third-order valence-corrected chi connectivity index (χ3v) is 4.23. The third kappa shape index (κ3) is 2.01. The quantitative estimate of drug-likeness (QED) is 0.754. The Kier molecular flexibility index (Phi) is 2.73. The molecule has 6 heteroatoms. The summed E-state index contributed by atoms with van der Waals surface area (Å²) in [6, 6.07) is 5.54. The highest BCUT2D eigenvalue weighted by Gasteiger charge is 2.31. The SMILES string of the molecule is O=C1CC(Cl)CN1c1nc2cc(Cl)ccc2s1. The zero-order valence-electron chi connectivity index (χ0n) is 8.69. The van der Waals surface area contributed by atoms with Crippen LogP contribution in [0.15, 0.2) is 18.2 Å². The molecule has 0 saturated carbocycles. The minimum absolute atomic E-state index is 0.0372. The summed E-state index contributed by atoms with van der Waals surface area (Å²) in [6.45, 7) is 0.536. The number of amides is 1. The Hall–Kier alpha value is -0.840. The first-order valence-corrected chi connectivity index (χ1v) is 6.77. The number of anilines is 1. The van der Waals surface area contributed by atoms with Gasteiger partial charge in [0, 0.05) is 18.0 Å². The van der Waals surface area contributed by atoms with Crippen molar-refractivity contribution < 1.29 is 4.79 Å². The van der Waals surface area contributed by atoms with Gasteiger partial charge in [-0.25, -0.2) is 4.98 Å². The lowest BCUT2D eigenvalue weighted by Crippen LogP contribution is -2.24. The van der Waals surface area contributed by atoms with Crippen molar-refractivity contribution in [2.24, 2.45) is 0 Å². The van der Waals surface area contributed by atoms with Crippen molar-refractivity contribution in [3.8, 4) is 0 Å². The standard InChI is InChI=1S/C11H8Cl2N2OS/c12-6-1-2-9-8(3-6)14-11(17-9)15-5-7(13)4-10(15)16/h1-3,7H,4-5H2. The van der Waals surface area contributed by atoms with Crippen LogP contribution in [0.25, 0.3) is 10.2 Å². The van der Waals surface area contributed by atoms with Gasteiger partial charge in [-0.3, -0.25) is 9.69 Å². The van der Waals surface area contributed by atoms with Gasteiger partial charge in [-0.05, 0) is 18.2 Å². The highest BCUT2D eigenvalue weighted by Crippen LogP contribution is 2.33. The Morgan fingerprint density at radius 2 is 2.29 bits per heavy atom. The van der Waals surface area contributed by atoms with E-state index < -0.39 is 0 Å². The Morgan fingerprint density at radius 1 is 1.47 bits per heavy atom. The number of thiazole rings is 1. The lowest BCUT2D eigenvalue weighted by Gasteiger charge is -2.10. The summed E-state index contributed by atoms with van der Waals surface area (Å²) in [6.07, 6.45) is 0.387. The summed E-state index contributed by atoms with van der Waals surface area (Å²) >= 11 is 13.4. The van der Waals surface area contributed by atoms with Crippen molar-refractivity contribution in [3.05, 3.63) is 23.2 Å². The van der Waals surface area contributed by atoms with Crippen LogP contribution in [0.5, 0.6) is 0 Å². The Labute approximate surface area is 112 Å². The number of hydrogen-bond donors (Lipinski definition) is 0. The highest BCUT2D eigenvalue weighted by molar-refractivity contribution is 7.22. The fourth-order valence-electron chi connectivity index (χ4n) is 1.85.